The highest BCUT2D eigenvalue weighted by atomic mass is 16.6. The summed E-state index contributed by atoms with van der Waals surface area (Å²) in [6, 6.07) is 0.431. The molecule has 2 bridgehead atoms. The van der Waals surface area contributed by atoms with Crippen molar-refractivity contribution in [2.24, 2.45) is 22.7 Å². The number of nitrogens with zero attached hydrogens (tertiary/aromatic N) is 1. The topological polar surface area (TPSA) is 47.6 Å². The number of fused-ring (bicyclic) bond motifs is 2. The fourth-order valence-electron chi connectivity index (χ4n) is 2.57. The molecule has 2 saturated carbocycles. The third kappa shape index (κ3) is 1.22. The van der Waals surface area contributed by atoms with Gasteiger partial charge in [0.1, 0.15) is 7.11 Å². The van der Waals surface area contributed by atoms with E-state index < -0.39 is 0 Å². The molecule has 0 aromatic heterocycles. The van der Waals surface area contributed by atoms with E-state index in [9.17, 15) is 0 Å². The number of nitrogens with two attached hydrogens (primary N) is 1. The highest BCUT2D eigenvalue weighted by Crippen LogP contribution is 2.39. The summed E-state index contributed by atoms with van der Waals surface area (Å²) in [5.41, 5.74) is 7.26. The molecule has 2 rings (SSSR count). The predicted octanol–water partition coefficient (Wildman–Crippen LogP) is 1.14. The van der Waals surface area contributed by atoms with E-state index in [0.29, 0.717) is 17.9 Å². The van der Waals surface area contributed by atoms with Crippen molar-refractivity contribution >= 4 is 5.71 Å². The Hall–Kier alpha value is -0.570. The maximum atomic E-state index is 6.05. The van der Waals surface area contributed by atoms with Crippen LogP contribution in [-0.2, 0) is 4.84 Å². The lowest BCUT2D eigenvalue weighted by Gasteiger charge is -2.26. The Kier molecular flexibility index (Phi) is 2.05. The van der Waals surface area contributed by atoms with Crippen LogP contribution in [0.2, 0.25) is 0 Å². The highest BCUT2D eigenvalue weighted by Gasteiger charge is 2.39. The standard InChI is InChI=1S/C9H16N2O/c1-12-11-8-4-6-2-3-7(5-8)9(6)10/h6-7,9H,2-5,10H2,1H3. The molecule has 2 aliphatic carbocycles. The molecule has 3 heteroatoms. The van der Waals surface area contributed by atoms with Gasteiger partial charge in [-0.15, -0.1) is 0 Å². The van der Waals surface area contributed by atoms with Crippen LogP contribution >= 0.6 is 0 Å². The molecule has 68 valence electrons. The van der Waals surface area contributed by atoms with Crippen LogP contribution in [0, 0.1) is 11.8 Å². The minimum Gasteiger partial charge on any atom is -0.399 e. The number of rotatable bonds is 1. The zero-order valence-electron chi connectivity index (χ0n) is 7.49. The first-order valence-electron chi connectivity index (χ1n) is 4.65. The molecule has 0 aromatic rings. The van der Waals surface area contributed by atoms with Crippen LogP contribution in [0.1, 0.15) is 25.7 Å². The van der Waals surface area contributed by atoms with Gasteiger partial charge >= 0.3 is 0 Å². The Morgan fingerprint density at radius 3 is 2.42 bits per heavy atom. The van der Waals surface area contributed by atoms with Gasteiger partial charge in [0.25, 0.3) is 0 Å². The molecule has 2 N–H and O–H groups in total. The van der Waals surface area contributed by atoms with Crippen LogP contribution in [-0.4, -0.2) is 18.9 Å². The van der Waals surface area contributed by atoms with Crippen molar-refractivity contribution in [1.29, 1.82) is 0 Å². The molecule has 2 aliphatic rings. The number of hydrogen-bond donors (Lipinski definition) is 1. The first-order valence-corrected chi connectivity index (χ1v) is 4.65. The first-order chi connectivity index (χ1) is 5.81. The van der Waals surface area contributed by atoms with Crippen LogP contribution in [0.4, 0.5) is 0 Å². The van der Waals surface area contributed by atoms with Crippen LogP contribution in [0.3, 0.4) is 0 Å². The minimum atomic E-state index is 0.431. The van der Waals surface area contributed by atoms with Crippen LogP contribution < -0.4 is 5.73 Å². The molecule has 0 amide bonds. The average molecular weight is 168 g/mol. The lowest BCUT2D eigenvalue weighted by molar-refractivity contribution is 0.208. The van der Waals surface area contributed by atoms with Gasteiger partial charge in [0.15, 0.2) is 0 Å². The summed E-state index contributed by atoms with van der Waals surface area (Å²) in [6.45, 7) is 0. The summed E-state index contributed by atoms with van der Waals surface area (Å²) in [7, 11) is 1.61. The van der Waals surface area contributed by atoms with E-state index in [0.717, 1.165) is 12.8 Å². The Balaban J connectivity index is 2.07. The predicted molar refractivity (Wildman–Crippen MR) is 47.9 cm³/mol. The molecule has 0 aliphatic heterocycles. The largest absolute Gasteiger partial charge is 0.399 e. The van der Waals surface area contributed by atoms with Crippen molar-refractivity contribution in [3.63, 3.8) is 0 Å². The lowest BCUT2D eigenvalue weighted by Crippen LogP contribution is -2.37. The fourth-order valence-corrected chi connectivity index (χ4v) is 2.57. The Morgan fingerprint density at radius 2 is 1.92 bits per heavy atom. The van der Waals surface area contributed by atoms with E-state index in [-0.39, 0.29) is 0 Å². The number of oxime groups is 1. The van der Waals surface area contributed by atoms with Crippen LogP contribution in [0.5, 0.6) is 0 Å². The molecule has 12 heavy (non-hydrogen) atoms. The van der Waals surface area contributed by atoms with Gasteiger partial charge in [-0.3, -0.25) is 0 Å². The van der Waals surface area contributed by atoms with Crippen molar-refractivity contribution in [2.45, 2.75) is 31.7 Å². The van der Waals surface area contributed by atoms with Gasteiger partial charge in [-0.05, 0) is 37.5 Å². The summed E-state index contributed by atoms with van der Waals surface area (Å²) >= 11 is 0. The Labute approximate surface area is 72.9 Å². The van der Waals surface area contributed by atoms with E-state index >= 15 is 0 Å². The van der Waals surface area contributed by atoms with Gasteiger partial charge in [0.05, 0.1) is 5.71 Å². The molecule has 0 aromatic carbocycles. The third-order valence-electron chi connectivity index (χ3n) is 3.21. The lowest BCUT2D eigenvalue weighted by atomic mass is 9.83. The Bertz CT molecular complexity index is 187. The second-order valence-electron chi connectivity index (χ2n) is 3.92. The summed E-state index contributed by atoms with van der Waals surface area (Å²) in [5.74, 6) is 1.36. The third-order valence-corrected chi connectivity index (χ3v) is 3.21. The minimum absolute atomic E-state index is 0.431. The second-order valence-corrected chi connectivity index (χ2v) is 3.92. The zero-order chi connectivity index (χ0) is 8.55. The van der Waals surface area contributed by atoms with E-state index in [2.05, 4.69) is 5.16 Å². The van der Waals surface area contributed by atoms with E-state index in [1.54, 1.807) is 7.11 Å². The van der Waals surface area contributed by atoms with Gasteiger partial charge in [-0.1, -0.05) is 5.16 Å². The molecule has 2 fully saturated rings. The van der Waals surface area contributed by atoms with Crippen molar-refractivity contribution in [3.8, 4) is 0 Å². The van der Waals surface area contributed by atoms with E-state index in [4.69, 9.17) is 10.6 Å². The normalized spacial score (nSPS) is 39.8. The molecular formula is C9H16N2O. The smallest absolute Gasteiger partial charge is 0.106 e. The van der Waals surface area contributed by atoms with Crippen molar-refractivity contribution in [1.82, 2.24) is 0 Å². The van der Waals surface area contributed by atoms with Gasteiger partial charge in [0, 0.05) is 6.04 Å². The molecule has 0 radical (unpaired) electrons. The molecule has 0 spiro atoms. The average Bonchev–Trinajstić information content (AvgIpc) is 2.33. The highest BCUT2D eigenvalue weighted by molar-refractivity contribution is 5.85. The Morgan fingerprint density at radius 1 is 1.33 bits per heavy atom. The maximum Gasteiger partial charge on any atom is 0.106 e. The first kappa shape index (κ1) is 8.05. The molecule has 2 atom stereocenters. The summed E-state index contributed by atoms with van der Waals surface area (Å²) in [6.07, 6.45) is 4.69. The van der Waals surface area contributed by atoms with E-state index in [1.165, 1.54) is 18.6 Å². The van der Waals surface area contributed by atoms with Crippen molar-refractivity contribution < 1.29 is 4.84 Å². The summed E-state index contributed by atoms with van der Waals surface area (Å²) < 4.78 is 0. The van der Waals surface area contributed by atoms with Crippen molar-refractivity contribution in [2.75, 3.05) is 7.11 Å². The molecule has 0 saturated heterocycles. The SMILES string of the molecule is CON=C1CC2CCC(C1)C2N. The molecular weight excluding hydrogens is 152 g/mol. The van der Waals surface area contributed by atoms with Crippen LogP contribution in [0.25, 0.3) is 0 Å². The van der Waals surface area contributed by atoms with Gasteiger partial charge < -0.3 is 10.6 Å². The molecule has 2 unspecified atom stereocenters. The zero-order valence-corrected chi connectivity index (χ0v) is 7.49. The second kappa shape index (κ2) is 3.05. The summed E-state index contributed by atoms with van der Waals surface area (Å²) in [4.78, 5) is 4.79. The van der Waals surface area contributed by atoms with Crippen molar-refractivity contribution in [3.05, 3.63) is 0 Å². The van der Waals surface area contributed by atoms with Gasteiger partial charge in [-0.25, -0.2) is 0 Å². The van der Waals surface area contributed by atoms with Crippen LogP contribution in [0.15, 0.2) is 5.16 Å². The van der Waals surface area contributed by atoms with Gasteiger partial charge in [-0.2, -0.15) is 0 Å². The molecule has 0 heterocycles. The number of hydrogen-bond acceptors (Lipinski definition) is 3. The van der Waals surface area contributed by atoms with Gasteiger partial charge in [0.2, 0.25) is 0 Å². The quantitative estimate of drug-likeness (QED) is 0.597. The van der Waals surface area contributed by atoms with E-state index in [1.807, 2.05) is 0 Å². The monoisotopic (exact) mass is 168 g/mol. The maximum absolute atomic E-state index is 6.05. The molecule has 3 nitrogen and oxygen atoms in total. The fraction of sp³-hybridized carbons (Fsp3) is 0.889. The summed E-state index contributed by atoms with van der Waals surface area (Å²) in [5, 5.41) is 4.02.